The van der Waals surface area contributed by atoms with Crippen molar-refractivity contribution in [2.45, 2.75) is 41.9 Å². The molecule has 0 unspecified atom stereocenters. The molecule has 1 heterocycles. The van der Waals surface area contributed by atoms with Crippen LogP contribution in [-0.4, -0.2) is 42.9 Å². The summed E-state index contributed by atoms with van der Waals surface area (Å²) >= 11 is 0.848. The van der Waals surface area contributed by atoms with Crippen molar-refractivity contribution in [2.24, 2.45) is 5.14 Å². The van der Waals surface area contributed by atoms with E-state index >= 15 is 0 Å². The summed E-state index contributed by atoms with van der Waals surface area (Å²) in [6, 6.07) is 1.19. The van der Waals surface area contributed by atoms with Gasteiger partial charge in [-0.2, -0.15) is 0 Å². The maximum Gasteiger partial charge on any atom is 0.329 e. The molecule has 1 aliphatic rings. The van der Waals surface area contributed by atoms with Crippen molar-refractivity contribution >= 4 is 33.2 Å². The third-order valence-electron chi connectivity index (χ3n) is 4.13. The fourth-order valence-electron chi connectivity index (χ4n) is 2.80. The smallest absolute Gasteiger partial charge is 0.329 e. The average molecular weight is 346 g/mol. The van der Waals surface area contributed by atoms with Crippen LogP contribution in [0.1, 0.15) is 42.5 Å². The molecule has 2 rings (SSSR count). The Labute approximate surface area is 132 Å². The summed E-state index contributed by atoms with van der Waals surface area (Å²) in [7, 11) is -2.41. The van der Waals surface area contributed by atoms with Crippen LogP contribution in [-0.2, 0) is 14.8 Å². The number of likely N-dealkylation sites (N-methyl/N-ethyl adjacent to an activating group) is 1. The maximum absolute atomic E-state index is 12.5. The van der Waals surface area contributed by atoms with E-state index in [4.69, 9.17) is 5.14 Å². The Kier molecular flexibility index (Phi) is 4.59. The quantitative estimate of drug-likeness (QED) is 0.851. The van der Waals surface area contributed by atoms with Crippen LogP contribution in [0.25, 0.3) is 0 Å². The predicted octanol–water partition coefficient (Wildman–Crippen LogP) is 1.25. The van der Waals surface area contributed by atoms with E-state index in [1.54, 1.807) is 0 Å². The van der Waals surface area contributed by atoms with Gasteiger partial charge in [0.1, 0.15) is 9.75 Å². The highest BCUT2D eigenvalue weighted by atomic mass is 32.2. The summed E-state index contributed by atoms with van der Waals surface area (Å²) < 4.78 is 22.4. The van der Waals surface area contributed by atoms with Gasteiger partial charge in [0.15, 0.2) is 0 Å². The minimum atomic E-state index is -3.87. The Bertz CT molecular complexity index is 689. The number of nitrogens with two attached hydrogens (primary N) is 1. The Morgan fingerprint density at radius 3 is 2.36 bits per heavy atom. The zero-order valence-corrected chi connectivity index (χ0v) is 13.7. The van der Waals surface area contributed by atoms with Gasteiger partial charge in [0, 0.05) is 12.4 Å². The molecule has 0 atom stereocenters. The summed E-state index contributed by atoms with van der Waals surface area (Å²) in [5.41, 5.74) is -1.08. The third-order valence-corrected chi connectivity index (χ3v) is 6.51. The monoisotopic (exact) mass is 346 g/mol. The lowest BCUT2D eigenvalue weighted by molar-refractivity contribution is -0.151. The number of carbonyl (C=O) groups is 2. The highest BCUT2D eigenvalue weighted by Crippen LogP contribution is 2.34. The first-order valence-electron chi connectivity index (χ1n) is 6.81. The van der Waals surface area contributed by atoms with Gasteiger partial charge in [-0.05, 0) is 18.9 Å². The van der Waals surface area contributed by atoms with E-state index in [0.29, 0.717) is 12.8 Å². The molecule has 0 spiro atoms. The van der Waals surface area contributed by atoms with E-state index in [0.717, 1.165) is 30.6 Å². The topological polar surface area (TPSA) is 118 Å². The molecule has 1 saturated carbocycles. The molecule has 22 heavy (non-hydrogen) atoms. The first-order chi connectivity index (χ1) is 10.2. The lowest BCUT2D eigenvalue weighted by Crippen LogP contribution is -2.56. The molecule has 1 amide bonds. The fraction of sp³-hybridized carbons (Fsp3) is 0.538. The molecule has 0 radical (unpaired) electrons. The SMILES string of the molecule is CN(C(=O)c1csc(S(N)(=O)=O)c1)C1(C(=O)O)CCCCC1. The molecule has 0 bridgehead atoms. The Morgan fingerprint density at radius 2 is 1.91 bits per heavy atom. The zero-order chi connectivity index (χ0) is 16.5. The van der Waals surface area contributed by atoms with Crippen LogP contribution in [0.3, 0.4) is 0 Å². The highest BCUT2D eigenvalue weighted by molar-refractivity contribution is 7.91. The van der Waals surface area contributed by atoms with Crippen molar-refractivity contribution in [3.05, 3.63) is 17.0 Å². The molecule has 1 fully saturated rings. The summed E-state index contributed by atoms with van der Waals surface area (Å²) in [6.07, 6.45) is 3.24. The molecular formula is C13H18N2O5S2. The Hall–Kier alpha value is -1.45. The van der Waals surface area contributed by atoms with E-state index < -0.39 is 27.4 Å². The number of nitrogens with zero attached hydrogens (tertiary/aromatic N) is 1. The van der Waals surface area contributed by atoms with E-state index in [-0.39, 0.29) is 9.77 Å². The molecule has 9 heteroatoms. The van der Waals surface area contributed by atoms with Gasteiger partial charge < -0.3 is 10.0 Å². The number of hydrogen-bond donors (Lipinski definition) is 2. The molecule has 1 aliphatic carbocycles. The number of hydrogen-bond acceptors (Lipinski definition) is 5. The van der Waals surface area contributed by atoms with Gasteiger partial charge in [0.25, 0.3) is 5.91 Å². The Morgan fingerprint density at radius 1 is 1.32 bits per heavy atom. The second kappa shape index (κ2) is 5.98. The van der Waals surface area contributed by atoms with Crippen molar-refractivity contribution < 1.29 is 23.1 Å². The molecule has 0 aromatic carbocycles. The van der Waals surface area contributed by atoms with Crippen LogP contribution >= 0.6 is 11.3 Å². The molecule has 122 valence electrons. The summed E-state index contributed by atoms with van der Waals surface area (Å²) in [6.45, 7) is 0. The fourth-order valence-corrected chi connectivity index (χ4v) is 4.37. The molecule has 1 aromatic heterocycles. The van der Waals surface area contributed by atoms with E-state index in [2.05, 4.69) is 0 Å². The third kappa shape index (κ3) is 3.01. The Balaban J connectivity index is 2.31. The van der Waals surface area contributed by atoms with Gasteiger partial charge in [-0.1, -0.05) is 19.3 Å². The van der Waals surface area contributed by atoms with Crippen molar-refractivity contribution in [3.8, 4) is 0 Å². The lowest BCUT2D eigenvalue weighted by Gasteiger charge is -2.40. The van der Waals surface area contributed by atoms with Gasteiger partial charge in [-0.25, -0.2) is 18.4 Å². The van der Waals surface area contributed by atoms with Gasteiger partial charge in [-0.15, -0.1) is 11.3 Å². The standard InChI is InChI=1S/C13H18N2O5S2/c1-15(13(12(17)18)5-3-2-4-6-13)11(16)9-7-10(21-8-9)22(14,19)20/h7-8H,2-6H2,1H3,(H,17,18)(H2,14,19,20). The molecule has 0 aliphatic heterocycles. The van der Waals surface area contributed by atoms with Crippen molar-refractivity contribution in [3.63, 3.8) is 0 Å². The van der Waals surface area contributed by atoms with Crippen molar-refractivity contribution in [1.29, 1.82) is 0 Å². The average Bonchev–Trinajstić information content (AvgIpc) is 2.96. The van der Waals surface area contributed by atoms with Gasteiger partial charge >= 0.3 is 5.97 Å². The van der Waals surface area contributed by atoms with E-state index in [9.17, 15) is 23.1 Å². The second-order valence-corrected chi connectivity index (χ2v) is 8.16. The number of carboxylic acids is 1. The van der Waals surface area contributed by atoms with Crippen molar-refractivity contribution in [1.82, 2.24) is 4.90 Å². The minimum Gasteiger partial charge on any atom is -0.479 e. The molecular weight excluding hydrogens is 328 g/mol. The first kappa shape index (κ1) is 16.9. The molecule has 1 aromatic rings. The molecule has 3 N–H and O–H groups in total. The minimum absolute atomic E-state index is 0.114. The number of thiophene rings is 1. The lowest BCUT2D eigenvalue weighted by atomic mass is 9.80. The molecule has 0 saturated heterocycles. The van der Waals surface area contributed by atoms with Crippen LogP contribution in [0.2, 0.25) is 0 Å². The normalized spacial score (nSPS) is 17.9. The maximum atomic E-state index is 12.5. The number of aliphatic carboxylic acids is 1. The number of primary sulfonamides is 1. The zero-order valence-electron chi connectivity index (χ0n) is 12.1. The predicted molar refractivity (Wildman–Crippen MR) is 81.2 cm³/mol. The van der Waals surface area contributed by atoms with Crippen LogP contribution in [0, 0.1) is 0 Å². The van der Waals surface area contributed by atoms with Crippen LogP contribution < -0.4 is 5.14 Å². The molecule has 7 nitrogen and oxygen atoms in total. The van der Waals surface area contributed by atoms with Gasteiger partial charge in [0.05, 0.1) is 5.56 Å². The summed E-state index contributed by atoms with van der Waals surface area (Å²) in [5.74, 6) is -1.53. The number of amides is 1. The number of carbonyl (C=O) groups excluding carboxylic acids is 1. The van der Waals surface area contributed by atoms with Gasteiger partial charge in [0.2, 0.25) is 10.0 Å². The summed E-state index contributed by atoms with van der Waals surface area (Å²) in [4.78, 5) is 25.5. The van der Waals surface area contributed by atoms with E-state index in [1.807, 2.05) is 0 Å². The van der Waals surface area contributed by atoms with Crippen LogP contribution in [0.5, 0.6) is 0 Å². The highest BCUT2D eigenvalue weighted by Gasteiger charge is 2.45. The number of sulfonamides is 1. The largest absolute Gasteiger partial charge is 0.479 e. The van der Waals surface area contributed by atoms with Crippen molar-refractivity contribution in [2.75, 3.05) is 7.05 Å². The second-order valence-electron chi connectivity index (χ2n) is 5.46. The van der Waals surface area contributed by atoms with Crippen LogP contribution in [0.15, 0.2) is 15.7 Å². The van der Waals surface area contributed by atoms with Crippen LogP contribution in [0.4, 0.5) is 0 Å². The number of rotatable bonds is 4. The van der Waals surface area contributed by atoms with Gasteiger partial charge in [-0.3, -0.25) is 4.79 Å². The summed E-state index contributed by atoms with van der Waals surface area (Å²) in [5, 5.41) is 16.0. The first-order valence-corrected chi connectivity index (χ1v) is 9.24. The van der Waals surface area contributed by atoms with E-state index in [1.165, 1.54) is 23.4 Å². The number of carboxylic acid groups (broad SMARTS) is 1.